The second-order valence-electron chi connectivity index (χ2n) is 12.7. The SMILES string of the molecule is CCOP(C)(=O)C[C@@H](O)[C@H]1O[C@@H](n2cc(C)c(=O)[nH]c2=O)[C@H](OCCOC)[C@@H]1O[Si](c1ccccc1)(c1ccccc1)C(C)(C)C. The predicted molar refractivity (Wildman–Crippen MR) is 180 cm³/mol. The maximum absolute atomic E-state index is 13.3. The molecular formula is C33H47N2O9PSi. The van der Waals surface area contributed by atoms with Crippen LogP contribution in [0.3, 0.4) is 0 Å². The molecule has 1 aliphatic rings. The number of nitrogens with one attached hydrogen (secondary N) is 1. The lowest BCUT2D eigenvalue weighted by atomic mass is 10.1. The molecule has 6 atom stereocenters. The monoisotopic (exact) mass is 674 g/mol. The molecule has 13 heteroatoms. The molecule has 1 aliphatic heterocycles. The molecule has 2 aromatic carbocycles. The molecule has 0 saturated carbocycles. The summed E-state index contributed by atoms with van der Waals surface area (Å²) in [5, 5.41) is 13.3. The summed E-state index contributed by atoms with van der Waals surface area (Å²) in [6.45, 7) is 11.8. The summed E-state index contributed by atoms with van der Waals surface area (Å²) in [6, 6.07) is 20.0. The molecular weight excluding hydrogens is 627 g/mol. The van der Waals surface area contributed by atoms with Gasteiger partial charge < -0.3 is 28.3 Å². The van der Waals surface area contributed by atoms with E-state index in [4.69, 9.17) is 23.2 Å². The number of aryl methyl sites for hydroxylation is 1. The number of aromatic amines is 1. The van der Waals surface area contributed by atoms with E-state index in [-0.39, 0.29) is 26.0 Å². The third-order valence-electron chi connectivity index (χ3n) is 8.27. The normalized spacial score (nSPS) is 22.4. The van der Waals surface area contributed by atoms with Crippen LogP contribution in [0.5, 0.6) is 0 Å². The summed E-state index contributed by atoms with van der Waals surface area (Å²) in [7, 11) is -4.96. The van der Waals surface area contributed by atoms with E-state index in [1.165, 1.54) is 17.4 Å². The van der Waals surface area contributed by atoms with E-state index in [0.717, 1.165) is 10.4 Å². The summed E-state index contributed by atoms with van der Waals surface area (Å²) >= 11 is 0. The molecule has 1 saturated heterocycles. The highest BCUT2D eigenvalue weighted by molar-refractivity contribution is 7.58. The van der Waals surface area contributed by atoms with Gasteiger partial charge in [0.15, 0.2) is 6.23 Å². The van der Waals surface area contributed by atoms with Gasteiger partial charge in [0.2, 0.25) is 7.37 Å². The molecule has 3 aromatic rings. The number of aliphatic hydroxyl groups excluding tert-OH is 1. The van der Waals surface area contributed by atoms with Gasteiger partial charge in [-0.1, -0.05) is 81.4 Å². The Morgan fingerprint density at radius 2 is 1.61 bits per heavy atom. The standard InChI is InChI=1S/C33H47N2O9PSi/c1-8-42-45(7,39)22-26(36)27-28(29(41-20-19-40-6)31(43-27)35-21-23(2)30(37)34-32(35)38)44-46(33(3,4)5,24-15-11-9-12-16-24)25-17-13-10-14-18-25/h9-18,21,26-29,31,36H,8,19-20,22H2,1-7H3,(H,34,37,38)/t26-,27-,28-,29-,31-,45?/m1/s1. The zero-order chi connectivity index (χ0) is 33.7. The fourth-order valence-electron chi connectivity index (χ4n) is 6.22. The number of hydrogen-bond donors (Lipinski definition) is 2. The van der Waals surface area contributed by atoms with Crippen molar-refractivity contribution in [3.05, 3.63) is 93.3 Å². The van der Waals surface area contributed by atoms with Crippen molar-refractivity contribution >= 4 is 26.1 Å². The summed E-state index contributed by atoms with van der Waals surface area (Å²) < 4.78 is 45.9. The second-order valence-corrected chi connectivity index (χ2v) is 19.6. The van der Waals surface area contributed by atoms with Gasteiger partial charge in [-0.2, -0.15) is 0 Å². The molecule has 4 rings (SSSR count). The molecule has 1 aromatic heterocycles. The van der Waals surface area contributed by atoms with Crippen LogP contribution in [0, 0.1) is 6.92 Å². The summed E-state index contributed by atoms with van der Waals surface area (Å²) in [4.78, 5) is 27.9. The number of benzene rings is 2. The van der Waals surface area contributed by atoms with Crippen LogP contribution in [0.1, 0.15) is 39.5 Å². The van der Waals surface area contributed by atoms with Crippen molar-refractivity contribution < 1.29 is 32.8 Å². The Morgan fingerprint density at radius 3 is 2.13 bits per heavy atom. The molecule has 0 bridgehead atoms. The number of H-pyrrole nitrogens is 1. The molecule has 1 fully saturated rings. The number of ether oxygens (including phenoxy) is 3. The van der Waals surface area contributed by atoms with Crippen molar-refractivity contribution in [3.8, 4) is 0 Å². The second kappa shape index (κ2) is 15.0. The Labute approximate surface area is 271 Å². The summed E-state index contributed by atoms with van der Waals surface area (Å²) in [6.07, 6.45) is -4.20. The molecule has 46 heavy (non-hydrogen) atoms. The highest BCUT2D eigenvalue weighted by atomic mass is 31.2. The topological polar surface area (TPSA) is 138 Å². The molecule has 0 radical (unpaired) electrons. The van der Waals surface area contributed by atoms with E-state index in [0.29, 0.717) is 5.56 Å². The average Bonchev–Trinajstić information content (AvgIpc) is 3.35. The first-order valence-electron chi connectivity index (χ1n) is 15.5. The van der Waals surface area contributed by atoms with E-state index in [1.54, 1.807) is 21.0 Å². The van der Waals surface area contributed by atoms with Crippen LogP contribution in [0.15, 0.2) is 76.4 Å². The molecule has 2 heterocycles. The van der Waals surface area contributed by atoms with Gasteiger partial charge in [-0.3, -0.25) is 18.9 Å². The molecule has 1 unspecified atom stereocenters. The number of aromatic nitrogens is 2. The summed E-state index contributed by atoms with van der Waals surface area (Å²) in [5.74, 6) is 0. The van der Waals surface area contributed by atoms with E-state index in [9.17, 15) is 19.3 Å². The first-order valence-corrected chi connectivity index (χ1v) is 19.7. The van der Waals surface area contributed by atoms with Crippen molar-refractivity contribution in [2.24, 2.45) is 0 Å². The molecule has 0 aliphatic carbocycles. The Kier molecular flexibility index (Phi) is 11.8. The van der Waals surface area contributed by atoms with E-state index in [1.807, 2.05) is 36.4 Å². The lowest BCUT2D eigenvalue weighted by Gasteiger charge is -2.46. The van der Waals surface area contributed by atoms with Gasteiger partial charge in [-0.15, -0.1) is 0 Å². The van der Waals surface area contributed by atoms with Crippen LogP contribution in [-0.4, -0.2) is 87.1 Å². The Morgan fingerprint density at radius 1 is 1.02 bits per heavy atom. The largest absolute Gasteiger partial charge is 0.399 e. The van der Waals surface area contributed by atoms with Crippen LogP contribution in [0.4, 0.5) is 0 Å². The minimum absolute atomic E-state index is 0.132. The van der Waals surface area contributed by atoms with Crippen molar-refractivity contribution in [2.75, 3.05) is 39.8 Å². The van der Waals surface area contributed by atoms with Crippen LogP contribution < -0.4 is 21.6 Å². The number of nitrogens with zero attached hydrogens (tertiary/aromatic N) is 1. The van der Waals surface area contributed by atoms with Gasteiger partial charge in [-0.25, -0.2) is 4.79 Å². The van der Waals surface area contributed by atoms with Crippen LogP contribution in [0.2, 0.25) is 5.04 Å². The third-order valence-corrected chi connectivity index (χ3v) is 15.1. The van der Waals surface area contributed by atoms with Gasteiger partial charge in [-0.05, 0) is 29.3 Å². The number of rotatable bonds is 14. The van der Waals surface area contributed by atoms with E-state index >= 15 is 0 Å². The highest BCUT2D eigenvalue weighted by Crippen LogP contribution is 2.47. The minimum Gasteiger partial charge on any atom is -0.399 e. The van der Waals surface area contributed by atoms with Gasteiger partial charge in [0.05, 0.1) is 32.1 Å². The molecule has 0 amide bonds. The van der Waals surface area contributed by atoms with Crippen molar-refractivity contribution in [1.29, 1.82) is 0 Å². The average molecular weight is 675 g/mol. The number of aliphatic hydroxyl groups is 1. The van der Waals surface area contributed by atoms with E-state index in [2.05, 4.69) is 50.0 Å². The maximum atomic E-state index is 13.3. The number of methoxy groups -OCH3 is 1. The Balaban J connectivity index is 1.96. The predicted octanol–water partition coefficient (Wildman–Crippen LogP) is 3.02. The first kappa shape index (κ1) is 36.2. The lowest BCUT2D eigenvalue weighted by molar-refractivity contribution is -0.0900. The fraction of sp³-hybridized carbons (Fsp3) is 0.515. The van der Waals surface area contributed by atoms with E-state index < -0.39 is 62.6 Å². The highest BCUT2D eigenvalue weighted by Gasteiger charge is 2.58. The quantitative estimate of drug-likeness (QED) is 0.150. The Hall–Kier alpha value is -2.67. The van der Waals surface area contributed by atoms with Crippen molar-refractivity contribution in [2.45, 2.75) is 70.3 Å². The smallest absolute Gasteiger partial charge is 0.330 e. The number of hydrogen-bond acceptors (Lipinski definition) is 9. The van der Waals surface area contributed by atoms with Gasteiger partial charge in [0, 0.05) is 25.5 Å². The molecule has 2 N–H and O–H groups in total. The van der Waals surface area contributed by atoms with Crippen molar-refractivity contribution in [3.63, 3.8) is 0 Å². The molecule has 252 valence electrons. The van der Waals surface area contributed by atoms with Crippen LogP contribution >= 0.6 is 7.37 Å². The molecule has 0 spiro atoms. The fourth-order valence-corrected chi connectivity index (χ4v) is 12.4. The maximum Gasteiger partial charge on any atom is 0.330 e. The van der Waals surface area contributed by atoms with Gasteiger partial charge >= 0.3 is 5.69 Å². The third kappa shape index (κ3) is 7.72. The summed E-state index contributed by atoms with van der Waals surface area (Å²) in [5.41, 5.74) is -0.922. The first-order chi connectivity index (χ1) is 21.8. The zero-order valence-corrected chi connectivity index (χ0v) is 29.6. The van der Waals surface area contributed by atoms with Crippen LogP contribution in [0.25, 0.3) is 0 Å². The Bertz CT molecular complexity index is 1550. The van der Waals surface area contributed by atoms with Gasteiger partial charge in [0.1, 0.15) is 18.3 Å². The van der Waals surface area contributed by atoms with Crippen molar-refractivity contribution in [1.82, 2.24) is 9.55 Å². The zero-order valence-electron chi connectivity index (χ0n) is 27.7. The van der Waals surface area contributed by atoms with Crippen LogP contribution in [-0.2, 0) is 27.7 Å². The molecule has 11 nitrogen and oxygen atoms in total. The lowest BCUT2D eigenvalue weighted by Crippen LogP contribution is -2.69. The minimum atomic E-state index is -3.28. The van der Waals surface area contributed by atoms with Gasteiger partial charge in [0.25, 0.3) is 13.9 Å².